The van der Waals surface area contributed by atoms with Gasteiger partial charge in [-0.2, -0.15) is 0 Å². The van der Waals surface area contributed by atoms with Crippen molar-refractivity contribution in [3.8, 4) is 5.75 Å². The number of carbonyl (C=O) groups is 1. The monoisotopic (exact) mass is 181 g/mol. The summed E-state index contributed by atoms with van der Waals surface area (Å²) in [6.45, 7) is 2.41. The Morgan fingerprint density at radius 3 is 2.54 bits per heavy atom. The number of nitrogens with one attached hydrogen (secondary N) is 1. The largest absolute Gasteiger partial charge is 0.412 e. The van der Waals surface area contributed by atoms with Crippen molar-refractivity contribution in [3.05, 3.63) is 30.3 Å². The smallest absolute Gasteiger partial charge is 0.410 e. The maximum Gasteiger partial charge on any atom is 0.412 e. The lowest BCUT2D eigenvalue weighted by molar-refractivity contribution is 0.201. The van der Waals surface area contributed by atoms with Crippen LogP contribution in [0.25, 0.3) is 0 Å². The van der Waals surface area contributed by atoms with E-state index in [4.69, 9.17) is 4.74 Å². The van der Waals surface area contributed by atoms with E-state index in [9.17, 15) is 4.79 Å². The third-order valence-corrected chi connectivity index (χ3v) is 1.27. The summed E-state index contributed by atoms with van der Waals surface area (Å²) >= 11 is 0. The van der Waals surface area contributed by atoms with Gasteiger partial charge in [-0.3, -0.25) is 0 Å². The molecule has 1 rings (SSSR count). The quantitative estimate of drug-likeness (QED) is 0.761. The van der Waals surface area contributed by atoms with Crippen LogP contribution in [0.15, 0.2) is 30.3 Å². The van der Waals surface area contributed by atoms with E-state index >= 15 is 0 Å². The molecule has 0 spiro atoms. The fraction of sp³-hybridized carbons (Fsp3) is 0.300. The lowest BCUT2D eigenvalue weighted by Crippen LogP contribution is -2.26. The normalized spacial score (nSPS) is 8.38. The van der Waals surface area contributed by atoms with Gasteiger partial charge in [0.05, 0.1) is 0 Å². The second-order valence-electron chi connectivity index (χ2n) is 2.23. The average Bonchev–Trinajstić information content (AvgIpc) is 2.06. The zero-order valence-electron chi connectivity index (χ0n) is 6.91. The van der Waals surface area contributed by atoms with Crippen LogP contribution in [0.5, 0.6) is 5.75 Å². The fourth-order valence-corrected chi connectivity index (χ4v) is 0.776. The number of amides is 1. The summed E-state index contributed by atoms with van der Waals surface area (Å²) in [4.78, 5) is 10.9. The molecule has 0 aromatic heterocycles. The Morgan fingerprint density at radius 2 is 2.00 bits per heavy atom. The van der Waals surface area contributed by atoms with Crippen LogP contribution in [0.2, 0.25) is 0 Å². The van der Waals surface area contributed by atoms with Crippen LogP contribution in [0.3, 0.4) is 0 Å². The lowest BCUT2D eigenvalue weighted by Gasteiger charge is -2.02. The van der Waals surface area contributed by atoms with E-state index in [0.717, 1.165) is 0 Å². The van der Waals surface area contributed by atoms with E-state index in [1.165, 1.54) is 0 Å². The summed E-state index contributed by atoms with van der Waals surface area (Å²) in [6.07, 6.45) is -0.413. The van der Waals surface area contributed by atoms with Crippen molar-refractivity contribution in [2.75, 3.05) is 6.54 Å². The average molecular weight is 181 g/mol. The van der Waals surface area contributed by atoms with Crippen LogP contribution in [0, 0.1) is 0 Å². The van der Waals surface area contributed by atoms with Crippen molar-refractivity contribution in [3.63, 3.8) is 0 Å². The Labute approximate surface area is 78.7 Å². The van der Waals surface area contributed by atoms with E-state index in [2.05, 4.69) is 5.32 Å². The van der Waals surface area contributed by atoms with E-state index in [0.29, 0.717) is 12.3 Å². The second kappa shape index (κ2) is 6.06. The van der Waals surface area contributed by atoms with Gasteiger partial charge in [0.2, 0.25) is 0 Å². The first-order chi connectivity index (χ1) is 5.83. The molecule has 0 saturated heterocycles. The Bertz CT molecular complexity index is 246. The zero-order valence-corrected chi connectivity index (χ0v) is 6.91. The number of rotatable bonds is 2. The summed E-state index contributed by atoms with van der Waals surface area (Å²) in [7, 11) is 0. The minimum atomic E-state index is -0.413. The summed E-state index contributed by atoms with van der Waals surface area (Å²) in [5.41, 5.74) is 0. The number of ether oxygens (including phenoxy) is 1. The molecule has 0 unspecified atom stereocenters. The predicted molar refractivity (Wildman–Crippen MR) is 52.9 cm³/mol. The van der Waals surface area contributed by atoms with Gasteiger partial charge in [0.1, 0.15) is 5.75 Å². The van der Waals surface area contributed by atoms with Gasteiger partial charge in [-0.15, -0.1) is 0 Å². The van der Waals surface area contributed by atoms with Crippen LogP contribution in [-0.4, -0.2) is 12.6 Å². The maximum atomic E-state index is 10.9. The van der Waals surface area contributed by atoms with Crippen molar-refractivity contribution < 1.29 is 9.53 Å². The second-order valence-corrected chi connectivity index (χ2v) is 2.23. The molecule has 1 aromatic rings. The molecule has 72 valence electrons. The Hall–Kier alpha value is -1.51. The van der Waals surface area contributed by atoms with E-state index < -0.39 is 6.09 Å². The topological polar surface area (TPSA) is 38.3 Å². The predicted octanol–water partition coefficient (Wildman–Crippen LogP) is 2.43. The van der Waals surface area contributed by atoms with Gasteiger partial charge in [-0.05, 0) is 19.1 Å². The maximum absolute atomic E-state index is 10.9. The first kappa shape index (κ1) is 11.5. The van der Waals surface area contributed by atoms with Crippen LogP contribution in [0.1, 0.15) is 14.4 Å². The number of hydrogen-bond donors (Lipinski definition) is 1. The highest BCUT2D eigenvalue weighted by atomic mass is 16.5. The Kier molecular flexibility index (Phi) is 5.35. The first-order valence-corrected chi connectivity index (χ1v) is 3.83. The molecule has 13 heavy (non-hydrogen) atoms. The van der Waals surface area contributed by atoms with Gasteiger partial charge in [-0.25, -0.2) is 4.79 Å². The van der Waals surface area contributed by atoms with Crippen molar-refractivity contribution in [1.82, 2.24) is 5.32 Å². The van der Waals surface area contributed by atoms with Crippen LogP contribution >= 0.6 is 0 Å². The minimum Gasteiger partial charge on any atom is -0.410 e. The van der Waals surface area contributed by atoms with Gasteiger partial charge in [0, 0.05) is 6.54 Å². The molecule has 1 N–H and O–H groups in total. The van der Waals surface area contributed by atoms with Crippen LogP contribution in [0.4, 0.5) is 4.79 Å². The number of para-hydroxylation sites is 1. The minimum absolute atomic E-state index is 0. The molecule has 0 bridgehead atoms. The molecule has 3 nitrogen and oxygen atoms in total. The van der Waals surface area contributed by atoms with E-state index in [1.54, 1.807) is 12.1 Å². The third kappa shape index (κ3) is 4.15. The molecule has 0 fully saturated rings. The molecule has 0 radical (unpaired) electrons. The van der Waals surface area contributed by atoms with Gasteiger partial charge in [0.15, 0.2) is 0 Å². The SMILES string of the molecule is C.CCNC(=O)Oc1ccccc1. The number of benzene rings is 1. The molecular formula is C10H15NO2. The molecule has 0 saturated carbocycles. The molecule has 0 atom stereocenters. The van der Waals surface area contributed by atoms with Gasteiger partial charge in [0.25, 0.3) is 0 Å². The van der Waals surface area contributed by atoms with Crippen LogP contribution < -0.4 is 10.1 Å². The number of carbonyl (C=O) groups excluding carboxylic acids is 1. The summed E-state index contributed by atoms with van der Waals surface area (Å²) in [5.74, 6) is 0.559. The molecule has 0 aliphatic rings. The van der Waals surface area contributed by atoms with Crippen LogP contribution in [-0.2, 0) is 0 Å². The molecule has 1 amide bonds. The van der Waals surface area contributed by atoms with Gasteiger partial charge in [-0.1, -0.05) is 25.6 Å². The highest BCUT2D eigenvalue weighted by molar-refractivity contribution is 5.70. The van der Waals surface area contributed by atoms with E-state index in [1.807, 2.05) is 25.1 Å². The zero-order chi connectivity index (χ0) is 8.81. The Morgan fingerprint density at radius 1 is 1.38 bits per heavy atom. The molecule has 1 aromatic carbocycles. The van der Waals surface area contributed by atoms with Crippen molar-refractivity contribution >= 4 is 6.09 Å². The van der Waals surface area contributed by atoms with Gasteiger partial charge >= 0.3 is 6.09 Å². The first-order valence-electron chi connectivity index (χ1n) is 3.83. The molecule has 3 heteroatoms. The molecule has 0 aliphatic carbocycles. The summed E-state index contributed by atoms with van der Waals surface area (Å²) < 4.78 is 4.90. The number of hydrogen-bond acceptors (Lipinski definition) is 2. The highest BCUT2D eigenvalue weighted by Gasteiger charge is 1.99. The lowest BCUT2D eigenvalue weighted by atomic mass is 10.3. The molecular weight excluding hydrogens is 166 g/mol. The molecule has 0 aliphatic heterocycles. The van der Waals surface area contributed by atoms with E-state index in [-0.39, 0.29) is 7.43 Å². The standard InChI is InChI=1S/C9H11NO2.CH4/c1-2-10-9(11)12-8-6-4-3-5-7-8;/h3-7H,2H2,1H3,(H,10,11);1H4. The van der Waals surface area contributed by atoms with Gasteiger partial charge < -0.3 is 10.1 Å². The van der Waals surface area contributed by atoms with Crippen molar-refractivity contribution in [2.24, 2.45) is 0 Å². The van der Waals surface area contributed by atoms with Crippen molar-refractivity contribution in [2.45, 2.75) is 14.4 Å². The Balaban J connectivity index is 0.00000144. The summed E-state index contributed by atoms with van der Waals surface area (Å²) in [5, 5.41) is 2.53. The molecule has 0 heterocycles. The third-order valence-electron chi connectivity index (χ3n) is 1.27. The highest BCUT2D eigenvalue weighted by Crippen LogP contribution is 2.07. The summed E-state index contributed by atoms with van der Waals surface area (Å²) in [6, 6.07) is 8.96. The fourth-order valence-electron chi connectivity index (χ4n) is 0.776. The van der Waals surface area contributed by atoms with Crippen molar-refractivity contribution in [1.29, 1.82) is 0 Å².